The molecule has 0 spiro atoms. The molecule has 1 aromatic rings. The van der Waals surface area contributed by atoms with Crippen molar-refractivity contribution in [2.75, 3.05) is 13.2 Å². The zero-order valence-electron chi connectivity index (χ0n) is 10.1. The lowest BCUT2D eigenvalue weighted by atomic mass is 9.83. The Labute approximate surface area is 115 Å². The summed E-state index contributed by atoms with van der Waals surface area (Å²) in [5.41, 5.74) is 1.07. The molecule has 1 heterocycles. The molecule has 0 bridgehead atoms. The van der Waals surface area contributed by atoms with Gasteiger partial charge in [-0.25, -0.2) is 0 Å². The fraction of sp³-hybridized carbons (Fsp3) is 0.500. The molecule has 1 fully saturated rings. The Morgan fingerprint density at radius 2 is 2.17 bits per heavy atom. The molecule has 0 saturated carbocycles. The van der Waals surface area contributed by atoms with E-state index in [2.05, 4.69) is 15.9 Å². The van der Waals surface area contributed by atoms with Crippen LogP contribution in [0.2, 0.25) is 0 Å². The van der Waals surface area contributed by atoms with Crippen molar-refractivity contribution < 1.29 is 14.6 Å². The summed E-state index contributed by atoms with van der Waals surface area (Å²) in [6, 6.07) is 7.85. The molecule has 3 nitrogen and oxygen atoms in total. The highest BCUT2D eigenvalue weighted by atomic mass is 79.9. The van der Waals surface area contributed by atoms with Crippen LogP contribution in [0.15, 0.2) is 28.7 Å². The smallest absolute Gasteiger partial charge is 0.307 e. The van der Waals surface area contributed by atoms with E-state index in [1.165, 1.54) is 0 Å². The summed E-state index contributed by atoms with van der Waals surface area (Å²) in [5.74, 6) is -0.917. The Bertz CT molecular complexity index is 396. The average Bonchev–Trinajstić information content (AvgIpc) is 2.38. The molecule has 2 atom stereocenters. The van der Waals surface area contributed by atoms with Crippen LogP contribution in [-0.4, -0.2) is 24.3 Å². The van der Waals surface area contributed by atoms with Crippen molar-refractivity contribution in [3.63, 3.8) is 0 Å². The molecule has 0 radical (unpaired) electrons. The average molecular weight is 313 g/mol. The first-order valence-electron chi connectivity index (χ1n) is 6.22. The summed E-state index contributed by atoms with van der Waals surface area (Å²) in [6.07, 6.45) is 2.50. The number of benzene rings is 1. The maximum Gasteiger partial charge on any atom is 0.307 e. The van der Waals surface area contributed by atoms with Crippen LogP contribution < -0.4 is 0 Å². The highest BCUT2D eigenvalue weighted by Gasteiger charge is 2.29. The van der Waals surface area contributed by atoms with Crippen molar-refractivity contribution in [3.05, 3.63) is 34.3 Å². The van der Waals surface area contributed by atoms with Gasteiger partial charge in [0.2, 0.25) is 0 Å². The minimum Gasteiger partial charge on any atom is -0.481 e. The van der Waals surface area contributed by atoms with E-state index in [0.29, 0.717) is 13.0 Å². The minimum atomic E-state index is -0.714. The fourth-order valence-electron chi connectivity index (χ4n) is 2.41. The zero-order valence-corrected chi connectivity index (χ0v) is 11.7. The van der Waals surface area contributed by atoms with Crippen LogP contribution in [0.25, 0.3) is 0 Å². The van der Waals surface area contributed by atoms with E-state index in [1.807, 2.05) is 24.3 Å². The third-order valence-electron chi connectivity index (χ3n) is 3.45. The van der Waals surface area contributed by atoms with Gasteiger partial charge in [-0.05, 0) is 42.9 Å². The lowest BCUT2D eigenvalue weighted by molar-refractivity contribution is -0.145. The van der Waals surface area contributed by atoms with E-state index in [9.17, 15) is 9.90 Å². The van der Waals surface area contributed by atoms with Crippen molar-refractivity contribution in [3.8, 4) is 0 Å². The van der Waals surface area contributed by atoms with Crippen LogP contribution in [0.4, 0.5) is 0 Å². The van der Waals surface area contributed by atoms with Gasteiger partial charge >= 0.3 is 5.97 Å². The second-order valence-electron chi connectivity index (χ2n) is 4.75. The van der Waals surface area contributed by atoms with Crippen molar-refractivity contribution in [2.24, 2.45) is 11.8 Å². The van der Waals surface area contributed by atoms with Gasteiger partial charge in [0, 0.05) is 11.1 Å². The summed E-state index contributed by atoms with van der Waals surface area (Å²) in [4.78, 5) is 11.4. The monoisotopic (exact) mass is 312 g/mol. The lowest BCUT2D eigenvalue weighted by Crippen LogP contribution is -2.32. The number of rotatable bonds is 4. The Morgan fingerprint density at radius 1 is 1.44 bits per heavy atom. The number of hydrogen-bond acceptors (Lipinski definition) is 2. The minimum absolute atomic E-state index is 0.139. The summed E-state index contributed by atoms with van der Waals surface area (Å²) in [7, 11) is 0. The van der Waals surface area contributed by atoms with Gasteiger partial charge in [0.1, 0.15) is 0 Å². The van der Waals surface area contributed by atoms with Crippen molar-refractivity contribution >= 4 is 21.9 Å². The molecule has 2 unspecified atom stereocenters. The predicted molar refractivity (Wildman–Crippen MR) is 72.5 cm³/mol. The van der Waals surface area contributed by atoms with Crippen molar-refractivity contribution in [1.29, 1.82) is 0 Å². The van der Waals surface area contributed by atoms with Gasteiger partial charge in [-0.1, -0.05) is 28.1 Å². The number of ether oxygens (including phenoxy) is 1. The molecule has 1 saturated heterocycles. The van der Waals surface area contributed by atoms with E-state index in [0.717, 1.165) is 29.5 Å². The highest BCUT2D eigenvalue weighted by Crippen LogP contribution is 2.26. The molecule has 1 aliphatic rings. The molecule has 4 heteroatoms. The highest BCUT2D eigenvalue weighted by molar-refractivity contribution is 9.10. The van der Waals surface area contributed by atoms with Crippen LogP contribution >= 0.6 is 15.9 Å². The molecule has 0 aromatic heterocycles. The number of carbonyl (C=O) groups is 1. The third kappa shape index (κ3) is 3.56. The van der Waals surface area contributed by atoms with Crippen molar-refractivity contribution in [1.82, 2.24) is 0 Å². The van der Waals surface area contributed by atoms with Gasteiger partial charge in [-0.3, -0.25) is 4.79 Å². The number of aliphatic carboxylic acids is 1. The molecule has 1 aliphatic heterocycles. The van der Waals surface area contributed by atoms with Gasteiger partial charge in [-0.2, -0.15) is 0 Å². The molecule has 1 N–H and O–H groups in total. The van der Waals surface area contributed by atoms with E-state index in [-0.39, 0.29) is 11.8 Å². The van der Waals surface area contributed by atoms with Crippen molar-refractivity contribution in [2.45, 2.75) is 19.3 Å². The van der Waals surface area contributed by atoms with E-state index >= 15 is 0 Å². The number of halogens is 1. The van der Waals surface area contributed by atoms with Gasteiger partial charge in [0.05, 0.1) is 12.5 Å². The maximum absolute atomic E-state index is 11.4. The summed E-state index contributed by atoms with van der Waals surface area (Å²) < 4.78 is 6.41. The van der Waals surface area contributed by atoms with Crippen LogP contribution in [0.3, 0.4) is 0 Å². The van der Waals surface area contributed by atoms with Crippen LogP contribution in [0.5, 0.6) is 0 Å². The summed E-state index contributed by atoms with van der Waals surface area (Å²) in [6.45, 7) is 1.34. The number of hydrogen-bond donors (Lipinski definition) is 1. The second kappa shape index (κ2) is 6.34. The van der Waals surface area contributed by atoms with E-state index in [1.54, 1.807) is 0 Å². The molecule has 2 rings (SSSR count). The van der Waals surface area contributed by atoms with Crippen LogP contribution in [0.1, 0.15) is 18.4 Å². The molecule has 18 heavy (non-hydrogen) atoms. The van der Waals surface area contributed by atoms with Gasteiger partial charge < -0.3 is 9.84 Å². The van der Waals surface area contributed by atoms with E-state index < -0.39 is 5.97 Å². The van der Waals surface area contributed by atoms with E-state index in [4.69, 9.17) is 4.74 Å². The molecule has 1 aromatic carbocycles. The number of carboxylic acid groups (broad SMARTS) is 1. The zero-order chi connectivity index (χ0) is 13.0. The maximum atomic E-state index is 11.4. The first kappa shape index (κ1) is 13.6. The topological polar surface area (TPSA) is 46.5 Å². The Kier molecular flexibility index (Phi) is 4.78. The SMILES string of the molecule is O=C(O)C(Cc1ccc(Br)cc1)C1CCCOC1. The first-order valence-corrected chi connectivity index (χ1v) is 7.01. The molecular weight excluding hydrogens is 296 g/mol. The largest absolute Gasteiger partial charge is 0.481 e. The summed E-state index contributed by atoms with van der Waals surface area (Å²) >= 11 is 3.38. The Hall–Kier alpha value is -0.870. The van der Waals surface area contributed by atoms with Gasteiger partial charge in [-0.15, -0.1) is 0 Å². The van der Waals surface area contributed by atoms with Crippen LogP contribution in [-0.2, 0) is 16.0 Å². The standard InChI is InChI=1S/C14H17BrO3/c15-12-5-3-10(4-6-12)8-13(14(16)17)11-2-1-7-18-9-11/h3-6,11,13H,1-2,7-9H2,(H,16,17). The molecule has 0 amide bonds. The summed E-state index contributed by atoms with van der Waals surface area (Å²) in [5, 5.41) is 9.38. The molecule has 98 valence electrons. The first-order chi connectivity index (χ1) is 8.66. The normalized spacial score (nSPS) is 21.5. The second-order valence-corrected chi connectivity index (χ2v) is 5.67. The lowest BCUT2D eigenvalue weighted by Gasteiger charge is -2.27. The van der Waals surface area contributed by atoms with Gasteiger partial charge in [0.15, 0.2) is 0 Å². The number of carboxylic acids is 1. The predicted octanol–water partition coefficient (Wildman–Crippen LogP) is 3.12. The van der Waals surface area contributed by atoms with Crippen LogP contribution in [0, 0.1) is 11.8 Å². The quantitative estimate of drug-likeness (QED) is 0.929. The Morgan fingerprint density at radius 3 is 2.72 bits per heavy atom. The fourth-order valence-corrected chi connectivity index (χ4v) is 2.68. The molecular formula is C14H17BrO3. The molecule has 0 aliphatic carbocycles. The Balaban J connectivity index is 2.05. The van der Waals surface area contributed by atoms with Gasteiger partial charge in [0.25, 0.3) is 0 Å². The third-order valence-corrected chi connectivity index (χ3v) is 3.98.